The molecule has 7 nitrogen and oxygen atoms in total. The van der Waals surface area contributed by atoms with Crippen molar-refractivity contribution in [2.45, 2.75) is 58.9 Å². The maximum Gasteiger partial charge on any atom is 0.261 e. The molecule has 0 saturated carbocycles. The Morgan fingerprint density at radius 2 is 1.91 bits per heavy atom. The van der Waals surface area contributed by atoms with Crippen LogP contribution in [-0.2, 0) is 0 Å². The minimum Gasteiger partial charge on any atom is -0.365 e. The summed E-state index contributed by atoms with van der Waals surface area (Å²) >= 11 is 0. The van der Waals surface area contributed by atoms with Crippen molar-refractivity contribution in [1.29, 1.82) is 0 Å². The number of hydrogen-bond acceptors (Lipinski definition) is 4. The standard InChI is InChI=1S/C24H30FN5O2/c1-14-12-18(22(31)26-15(14)2)23(32)29-10-8-16(9-11-29)20-21(28-24(3,4)5)30-13-17(25)6-7-19(30)27-20/h6-7,12-13,16,28H,8-11H2,1-5H3,(H,26,31). The van der Waals surface area contributed by atoms with E-state index >= 15 is 0 Å². The Labute approximate surface area is 186 Å². The number of aryl methyl sites for hydroxylation is 2. The molecule has 0 radical (unpaired) electrons. The van der Waals surface area contributed by atoms with Crippen LogP contribution < -0.4 is 10.9 Å². The van der Waals surface area contributed by atoms with Crippen molar-refractivity contribution in [2.75, 3.05) is 18.4 Å². The van der Waals surface area contributed by atoms with E-state index in [0.717, 1.165) is 35.6 Å². The van der Waals surface area contributed by atoms with Crippen LogP contribution >= 0.6 is 0 Å². The second kappa shape index (κ2) is 8.07. The molecule has 8 heteroatoms. The van der Waals surface area contributed by atoms with Crippen molar-refractivity contribution in [2.24, 2.45) is 0 Å². The van der Waals surface area contributed by atoms with Crippen LogP contribution in [0.3, 0.4) is 0 Å². The van der Waals surface area contributed by atoms with Gasteiger partial charge in [-0.2, -0.15) is 0 Å². The zero-order valence-electron chi connectivity index (χ0n) is 19.3. The number of carbonyl (C=O) groups is 1. The molecule has 170 valence electrons. The van der Waals surface area contributed by atoms with Crippen LogP contribution in [0.15, 0.2) is 29.2 Å². The molecule has 0 spiro atoms. The fourth-order valence-corrected chi connectivity index (χ4v) is 4.21. The normalized spacial score (nSPS) is 15.4. The van der Waals surface area contributed by atoms with Gasteiger partial charge in [-0.25, -0.2) is 9.37 Å². The summed E-state index contributed by atoms with van der Waals surface area (Å²) in [6, 6.07) is 4.76. The average Bonchev–Trinajstić information content (AvgIpc) is 3.06. The van der Waals surface area contributed by atoms with Gasteiger partial charge < -0.3 is 15.2 Å². The number of nitrogens with zero attached hydrogens (tertiary/aromatic N) is 3. The van der Waals surface area contributed by atoms with Gasteiger partial charge in [0.2, 0.25) is 0 Å². The summed E-state index contributed by atoms with van der Waals surface area (Å²) in [5, 5.41) is 3.48. The van der Waals surface area contributed by atoms with E-state index in [9.17, 15) is 14.0 Å². The van der Waals surface area contributed by atoms with Gasteiger partial charge in [-0.3, -0.25) is 14.0 Å². The van der Waals surface area contributed by atoms with Crippen LogP contribution in [0, 0.1) is 19.7 Å². The first kappa shape index (κ1) is 22.0. The van der Waals surface area contributed by atoms with E-state index in [2.05, 4.69) is 31.1 Å². The number of halogens is 1. The lowest BCUT2D eigenvalue weighted by atomic mass is 9.92. The topological polar surface area (TPSA) is 82.5 Å². The number of aromatic nitrogens is 3. The molecule has 0 unspecified atom stereocenters. The summed E-state index contributed by atoms with van der Waals surface area (Å²) in [7, 11) is 0. The number of amides is 1. The smallest absolute Gasteiger partial charge is 0.261 e. The fourth-order valence-electron chi connectivity index (χ4n) is 4.21. The van der Waals surface area contributed by atoms with E-state index < -0.39 is 0 Å². The first-order valence-corrected chi connectivity index (χ1v) is 11.0. The minimum atomic E-state index is -0.348. The summed E-state index contributed by atoms with van der Waals surface area (Å²) in [4.78, 5) is 34.6. The fraction of sp³-hybridized carbons (Fsp3) is 0.458. The number of anilines is 1. The summed E-state index contributed by atoms with van der Waals surface area (Å²) < 4.78 is 15.7. The monoisotopic (exact) mass is 439 g/mol. The van der Waals surface area contributed by atoms with E-state index in [1.54, 1.807) is 21.4 Å². The third kappa shape index (κ3) is 4.26. The second-order valence-electron chi connectivity index (χ2n) is 9.68. The van der Waals surface area contributed by atoms with Gasteiger partial charge in [0.25, 0.3) is 11.5 Å². The molecule has 3 aromatic rings. The average molecular weight is 440 g/mol. The lowest BCUT2D eigenvalue weighted by molar-refractivity contribution is 0.0710. The molecule has 4 rings (SSSR count). The van der Waals surface area contributed by atoms with E-state index in [4.69, 9.17) is 4.98 Å². The van der Waals surface area contributed by atoms with E-state index in [-0.39, 0.29) is 34.3 Å². The first-order valence-electron chi connectivity index (χ1n) is 11.0. The number of nitrogens with one attached hydrogen (secondary N) is 2. The highest BCUT2D eigenvalue weighted by atomic mass is 19.1. The highest BCUT2D eigenvalue weighted by Crippen LogP contribution is 2.35. The summed E-state index contributed by atoms with van der Waals surface area (Å²) in [6.45, 7) is 10.9. The van der Waals surface area contributed by atoms with E-state index in [0.29, 0.717) is 18.7 Å². The number of pyridine rings is 2. The van der Waals surface area contributed by atoms with Crippen LogP contribution in [0.25, 0.3) is 5.65 Å². The molecule has 0 bridgehead atoms. The first-order chi connectivity index (χ1) is 15.0. The summed E-state index contributed by atoms with van der Waals surface area (Å²) in [5.74, 6) is 0.364. The lowest BCUT2D eigenvalue weighted by Crippen LogP contribution is -2.40. The molecule has 2 N–H and O–H groups in total. The molecule has 0 aliphatic carbocycles. The van der Waals surface area contributed by atoms with E-state index in [1.807, 2.05) is 13.8 Å². The molecule has 1 fully saturated rings. The molecule has 1 saturated heterocycles. The third-order valence-electron chi connectivity index (χ3n) is 6.00. The van der Waals surface area contributed by atoms with Crippen LogP contribution in [0.5, 0.6) is 0 Å². The molecular weight excluding hydrogens is 409 g/mol. The van der Waals surface area contributed by atoms with Crippen LogP contribution in [0.2, 0.25) is 0 Å². The number of H-pyrrole nitrogens is 1. The zero-order valence-corrected chi connectivity index (χ0v) is 19.3. The molecular formula is C24H30FN5O2. The highest BCUT2D eigenvalue weighted by molar-refractivity contribution is 5.94. The van der Waals surface area contributed by atoms with Gasteiger partial charge >= 0.3 is 0 Å². The Kier molecular flexibility index (Phi) is 5.56. The second-order valence-corrected chi connectivity index (χ2v) is 9.68. The number of piperidine rings is 1. The number of imidazole rings is 1. The number of fused-ring (bicyclic) bond motifs is 1. The summed E-state index contributed by atoms with van der Waals surface area (Å²) in [5.41, 5.74) is 2.85. The van der Waals surface area contributed by atoms with Crippen molar-refractivity contribution in [3.63, 3.8) is 0 Å². The third-order valence-corrected chi connectivity index (χ3v) is 6.00. The molecule has 32 heavy (non-hydrogen) atoms. The van der Waals surface area contributed by atoms with Gasteiger partial charge in [0.05, 0.1) is 5.69 Å². The SMILES string of the molecule is Cc1cc(C(=O)N2CCC(c3nc4ccc(F)cn4c3NC(C)(C)C)CC2)c(=O)[nH]c1C. The predicted molar refractivity (Wildman–Crippen MR) is 123 cm³/mol. The number of aromatic amines is 1. The number of likely N-dealkylation sites (tertiary alicyclic amines) is 1. The molecule has 4 heterocycles. The number of rotatable bonds is 3. The zero-order chi connectivity index (χ0) is 23.2. The molecule has 1 aliphatic heterocycles. The Balaban J connectivity index is 1.58. The van der Waals surface area contributed by atoms with Crippen LogP contribution in [-0.4, -0.2) is 43.8 Å². The molecule has 1 aliphatic rings. The lowest BCUT2D eigenvalue weighted by Gasteiger charge is -2.32. The molecule has 0 aromatic carbocycles. The molecule has 3 aromatic heterocycles. The van der Waals surface area contributed by atoms with Crippen molar-refractivity contribution < 1.29 is 9.18 Å². The van der Waals surface area contributed by atoms with E-state index in [1.165, 1.54) is 12.3 Å². The van der Waals surface area contributed by atoms with Gasteiger partial charge in [-0.15, -0.1) is 0 Å². The highest BCUT2D eigenvalue weighted by Gasteiger charge is 2.30. The largest absolute Gasteiger partial charge is 0.365 e. The van der Waals surface area contributed by atoms with Gasteiger partial charge in [-0.1, -0.05) is 0 Å². The minimum absolute atomic E-state index is 0.130. The van der Waals surface area contributed by atoms with Gasteiger partial charge in [-0.05, 0) is 71.2 Å². The maximum absolute atomic E-state index is 13.9. The number of hydrogen-bond donors (Lipinski definition) is 2. The van der Waals surface area contributed by atoms with Gasteiger partial charge in [0.15, 0.2) is 0 Å². The Morgan fingerprint density at radius 1 is 1.22 bits per heavy atom. The Hall–Kier alpha value is -3.16. The summed E-state index contributed by atoms with van der Waals surface area (Å²) in [6.07, 6.45) is 2.89. The van der Waals surface area contributed by atoms with Gasteiger partial charge in [0.1, 0.15) is 22.8 Å². The maximum atomic E-state index is 13.9. The van der Waals surface area contributed by atoms with Crippen molar-refractivity contribution in [3.05, 3.63) is 63.1 Å². The molecule has 1 amide bonds. The van der Waals surface area contributed by atoms with Gasteiger partial charge in [0, 0.05) is 36.4 Å². The Morgan fingerprint density at radius 3 is 2.56 bits per heavy atom. The number of carbonyl (C=O) groups excluding carboxylic acids is 1. The van der Waals surface area contributed by atoms with Crippen molar-refractivity contribution in [1.82, 2.24) is 19.3 Å². The van der Waals surface area contributed by atoms with Crippen molar-refractivity contribution >= 4 is 17.4 Å². The molecule has 0 atom stereocenters. The van der Waals surface area contributed by atoms with Crippen LogP contribution in [0.4, 0.5) is 10.2 Å². The predicted octanol–water partition coefficient (Wildman–Crippen LogP) is 4.01. The Bertz CT molecular complexity index is 1230. The quantitative estimate of drug-likeness (QED) is 0.646. The van der Waals surface area contributed by atoms with Crippen LogP contribution in [0.1, 0.15) is 66.8 Å². The van der Waals surface area contributed by atoms with Crippen molar-refractivity contribution in [3.8, 4) is 0 Å².